The summed E-state index contributed by atoms with van der Waals surface area (Å²) in [4.78, 5) is 0. The molecule has 2 N–H and O–H groups in total. The first-order chi connectivity index (χ1) is 13.0. The standard InChI is InChI=1S/C26H36O2/c1-25(2,3)22-16-24(28)23(26(4,5)6)15-21(22)19-9-7-17(8-10-19)18-11-13-20(27)14-12-18/h11-17,19,27-28H,7-10H2,1-6H3. The molecule has 0 spiro atoms. The Morgan fingerprint density at radius 1 is 0.679 bits per heavy atom. The predicted octanol–water partition coefficient (Wildman–Crippen LogP) is 7.13. The van der Waals surface area contributed by atoms with E-state index >= 15 is 0 Å². The van der Waals surface area contributed by atoms with Crippen LogP contribution in [0.5, 0.6) is 11.5 Å². The number of rotatable bonds is 2. The zero-order valence-corrected chi connectivity index (χ0v) is 18.3. The lowest BCUT2D eigenvalue weighted by Gasteiger charge is -2.34. The van der Waals surface area contributed by atoms with Crippen molar-refractivity contribution in [3.8, 4) is 11.5 Å². The van der Waals surface area contributed by atoms with Gasteiger partial charge in [-0.1, -0.05) is 59.7 Å². The number of hydrogen-bond acceptors (Lipinski definition) is 2. The number of hydrogen-bond donors (Lipinski definition) is 2. The van der Waals surface area contributed by atoms with Crippen molar-refractivity contribution >= 4 is 0 Å². The van der Waals surface area contributed by atoms with E-state index in [0.29, 0.717) is 23.3 Å². The molecule has 1 fully saturated rings. The molecular weight excluding hydrogens is 344 g/mol. The third kappa shape index (κ3) is 4.37. The highest BCUT2D eigenvalue weighted by Crippen LogP contribution is 2.46. The van der Waals surface area contributed by atoms with E-state index in [2.05, 4.69) is 59.7 Å². The van der Waals surface area contributed by atoms with Gasteiger partial charge in [0, 0.05) is 0 Å². The molecule has 2 aromatic rings. The maximum Gasteiger partial charge on any atom is 0.119 e. The van der Waals surface area contributed by atoms with E-state index < -0.39 is 0 Å². The summed E-state index contributed by atoms with van der Waals surface area (Å²) in [7, 11) is 0. The molecule has 28 heavy (non-hydrogen) atoms. The Kier molecular flexibility index (Phi) is 5.53. The number of phenolic OH excluding ortho intramolecular Hbond substituents is 2. The molecule has 1 saturated carbocycles. The van der Waals surface area contributed by atoms with Crippen molar-refractivity contribution in [3.05, 3.63) is 58.7 Å². The van der Waals surface area contributed by atoms with Gasteiger partial charge in [-0.15, -0.1) is 0 Å². The highest BCUT2D eigenvalue weighted by atomic mass is 16.3. The average Bonchev–Trinajstić information content (AvgIpc) is 2.60. The summed E-state index contributed by atoms with van der Waals surface area (Å²) in [5.41, 5.74) is 5.05. The van der Waals surface area contributed by atoms with Gasteiger partial charge in [-0.3, -0.25) is 0 Å². The first kappa shape index (κ1) is 20.8. The van der Waals surface area contributed by atoms with Crippen molar-refractivity contribution in [2.24, 2.45) is 0 Å². The van der Waals surface area contributed by atoms with Gasteiger partial charge in [0.2, 0.25) is 0 Å². The van der Waals surface area contributed by atoms with Crippen LogP contribution in [0.4, 0.5) is 0 Å². The molecule has 152 valence electrons. The molecule has 0 saturated heterocycles. The van der Waals surface area contributed by atoms with Crippen LogP contribution in [0.1, 0.15) is 101 Å². The van der Waals surface area contributed by atoms with Gasteiger partial charge in [0.1, 0.15) is 11.5 Å². The molecule has 0 aliphatic heterocycles. The monoisotopic (exact) mass is 380 g/mol. The number of aromatic hydroxyl groups is 2. The minimum Gasteiger partial charge on any atom is -0.508 e. The second kappa shape index (κ2) is 7.46. The lowest BCUT2D eigenvalue weighted by Crippen LogP contribution is -2.21. The normalized spacial score (nSPS) is 20.9. The third-order valence-corrected chi connectivity index (χ3v) is 6.32. The van der Waals surface area contributed by atoms with Crippen LogP contribution in [-0.4, -0.2) is 10.2 Å². The van der Waals surface area contributed by atoms with Gasteiger partial charge in [0.25, 0.3) is 0 Å². The highest BCUT2D eigenvalue weighted by Gasteiger charge is 2.30. The quantitative estimate of drug-likeness (QED) is 0.581. The first-order valence-electron chi connectivity index (χ1n) is 10.6. The summed E-state index contributed by atoms with van der Waals surface area (Å²) in [6.07, 6.45) is 4.68. The van der Waals surface area contributed by atoms with Gasteiger partial charge >= 0.3 is 0 Å². The largest absolute Gasteiger partial charge is 0.508 e. The van der Waals surface area contributed by atoms with Crippen LogP contribution >= 0.6 is 0 Å². The molecule has 0 aromatic heterocycles. The van der Waals surface area contributed by atoms with Crippen LogP contribution in [0.15, 0.2) is 36.4 Å². The topological polar surface area (TPSA) is 40.5 Å². The summed E-state index contributed by atoms with van der Waals surface area (Å²) in [6, 6.07) is 12.1. The van der Waals surface area contributed by atoms with E-state index in [1.54, 1.807) is 12.1 Å². The molecule has 0 atom stereocenters. The molecule has 0 radical (unpaired) electrons. The van der Waals surface area contributed by atoms with E-state index in [0.717, 1.165) is 5.56 Å². The van der Waals surface area contributed by atoms with Gasteiger partial charge in [0.15, 0.2) is 0 Å². The van der Waals surface area contributed by atoms with Crippen LogP contribution in [0.2, 0.25) is 0 Å². The molecule has 1 aliphatic rings. The highest BCUT2D eigenvalue weighted by molar-refractivity contribution is 5.49. The zero-order valence-electron chi connectivity index (χ0n) is 18.3. The third-order valence-electron chi connectivity index (χ3n) is 6.32. The van der Waals surface area contributed by atoms with Gasteiger partial charge in [-0.2, -0.15) is 0 Å². The Hall–Kier alpha value is -1.96. The van der Waals surface area contributed by atoms with Crippen molar-refractivity contribution in [2.45, 2.75) is 89.9 Å². The molecule has 1 aliphatic carbocycles. The molecule has 2 heteroatoms. The van der Waals surface area contributed by atoms with Crippen molar-refractivity contribution in [2.75, 3.05) is 0 Å². The number of benzene rings is 2. The molecule has 2 nitrogen and oxygen atoms in total. The Morgan fingerprint density at radius 3 is 1.68 bits per heavy atom. The zero-order chi connectivity index (χ0) is 20.7. The van der Waals surface area contributed by atoms with Crippen molar-refractivity contribution in [1.82, 2.24) is 0 Å². The van der Waals surface area contributed by atoms with Crippen molar-refractivity contribution in [3.63, 3.8) is 0 Å². The van der Waals surface area contributed by atoms with Gasteiger partial charge < -0.3 is 10.2 Å². The smallest absolute Gasteiger partial charge is 0.119 e. The van der Waals surface area contributed by atoms with E-state index in [4.69, 9.17) is 0 Å². The fourth-order valence-corrected chi connectivity index (χ4v) is 4.68. The van der Waals surface area contributed by atoms with Crippen LogP contribution in [0, 0.1) is 0 Å². The summed E-state index contributed by atoms with van der Waals surface area (Å²) in [5, 5.41) is 20.3. The first-order valence-corrected chi connectivity index (χ1v) is 10.6. The fraction of sp³-hybridized carbons (Fsp3) is 0.538. The van der Waals surface area contributed by atoms with Gasteiger partial charge in [-0.25, -0.2) is 0 Å². The predicted molar refractivity (Wildman–Crippen MR) is 118 cm³/mol. The molecular formula is C26H36O2. The maximum absolute atomic E-state index is 10.7. The second-order valence-electron chi connectivity index (χ2n) is 10.6. The van der Waals surface area contributed by atoms with E-state index in [1.807, 2.05) is 6.07 Å². The Balaban J connectivity index is 1.89. The SMILES string of the molecule is CC(C)(C)c1cc(C2CCC(c3ccc(O)cc3)CC2)c(C(C)(C)C)cc1O. The lowest BCUT2D eigenvalue weighted by molar-refractivity contribution is 0.387. The summed E-state index contributed by atoms with van der Waals surface area (Å²) in [5.74, 6) is 1.89. The minimum atomic E-state index is -0.0709. The number of phenols is 2. The van der Waals surface area contributed by atoms with E-state index in [1.165, 1.54) is 42.4 Å². The summed E-state index contributed by atoms with van der Waals surface area (Å²) < 4.78 is 0. The molecule has 0 bridgehead atoms. The summed E-state index contributed by atoms with van der Waals surface area (Å²) >= 11 is 0. The molecule has 0 amide bonds. The van der Waals surface area contributed by atoms with E-state index in [-0.39, 0.29) is 10.8 Å². The van der Waals surface area contributed by atoms with Crippen LogP contribution in [-0.2, 0) is 10.8 Å². The Labute approximate surface area is 170 Å². The van der Waals surface area contributed by atoms with Crippen LogP contribution in [0.3, 0.4) is 0 Å². The fourth-order valence-electron chi connectivity index (χ4n) is 4.68. The van der Waals surface area contributed by atoms with Gasteiger partial charge in [0.05, 0.1) is 0 Å². The van der Waals surface area contributed by atoms with E-state index in [9.17, 15) is 10.2 Å². The Bertz CT molecular complexity index is 811. The van der Waals surface area contributed by atoms with Crippen molar-refractivity contribution < 1.29 is 10.2 Å². The average molecular weight is 381 g/mol. The molecule has 2 aromatic carbocycles. The molecule has 0 heterocycles. The minimum absolute atomic E-state index is 0.0109. The summed E-state index contributed by atoms with van der Waals surface area (Å²) in [6.45, 7) is 13.2. The van der Waals surface area contributed by atoms with Crippen LogP contribution < -0.4 is 0 Å². The molecule has 0 unspecified atom stereocenters. The van der Waals surface area contributed by atoms with Gasteiger partial charge in [-0.05, 0) is 88.8 Å². The second-order valence-corrected chi connectivity index (χ2v) is 10.6. The van der Waals surface area contributed by atoms with Crippen LogP contribution in [0.25, 0.3) is 0 Å². The lowest BCUT2D eigenvalue weighted by atomic mass is 9.70. The van der Waals surface area contributed by atoms with Crippen molar-refractivity contribution in [1.29, 1.82) is 0 Å². The molecule has 3 rings (SSSR count). The maximum atomic E-state index is 10.7. The Morgan fingerprint density at radius 2 is 1.18 bits per heavy atom.